The second-order valence-corrected chi connectivity index (χ2v) is 7.17. The third kappa shape index (κ3) is 4.64. The fourth-order valence-corrected chi connectivity index (χ4v) is 3.57. The Kier molecular flexibility index (Phi) is 5.99. The molecule has 0 aliphatic heterocycles. The number of rotatable bonds is 6. The number of pyridine rings is 1. The quantitative estimate of drug-likeness (QED) is 0.463. The number of fused-ring (bicyclic) bond motifs is 1. The van der Waals surface area contributed by atoms with E-state index in [1.54, 1.807) is 36.4 Å². The van der Waals surface area contributed by atoms with Gasteiger partial charge in [0.15, 0.2) is 5.65 Å². The second-order valence-electron chi connectivity index (χ2n) is 7.17. The molecule has 1 unspecified atom stereocenters. The summed E-state index contributed by atoms with van der Waals surface area (Å²) in [6.07, 6.45) is -0.103. The molecule has 168 valence electrons. The summed E-state index contributed by atoms with van der Waals surface area (Å²) in [4.78, 5) is 33.6. The van der Waals surface area contributed by atoms with E-state index >= 15 is 0 Å². The van der Waals surface area contributed by atoms with Gasteiger partial charge >= 0.3 is 6.09 Å². The van der Waals surface area contributed by atoms with Crippen molar-refractivity contribution in [1.82, 2.24) is 19.9 Å². The van der Waals surface area contributed by atoms with Crippen LogP contribution >= 0.6 is 0 Å². The lowest BCUT2D eigenvalue weighted by Gasteiger charge is -2.21. The van der Waals surface area contributed by atoms with E-state index in [0.29, 0.717) is 17.5 Å². The van der Waals surface area contributed by atoms with E-state index in [4.69, 9.17) is 4.74 Å². The van der Waals surface area contributed by atoms with Crippen molar-refractivity contribution in [1.29, 1.82) is 0 Å². The molecule has 1 amide bonds. The van der Waals surface area contributed by atoms with Gasteiger partial charge in [-0.2, -0.15) is 0 Å². The van der Waals surface area contributed by atoms with Gasteiger partial charge in [-0.25, -0.2) is 23.5 Å². The molecule has 2 heterocycles. The van der Waals surface area contributed by atoms with E-state index in [1.807, 2.05) is 0 Å². The zero-order valence-corrected chi connectivity index (χ0v) is 17.3. The lowest BCUT2D eigenvalue weighted by atomic mass is 10.0. The fourth-order valence-electron chi connectivity index (χ4n) is 3.57. The Bertz CT molecular complexity index is 1370. The number of ether oxygens (including phenoxy) is 1. The molecule has 0 aliphatic carbocycles. The predicted molar refractivity (Wildman–Crippen MR) is 116 cm³/mol. The zero-order valence-electron chi connectivity index (χ0n) is 17.3. The van der Waals surface area contributed by atoms with Crippen molar-refractivity contribution in [3.8, 4) is 11.4 Å². The third-order valence-corrected chi connectivity index (χ3v) is 4.97. The van der Waals surface area contributed by atoms with Crippen molar-refractivity contribution in [3.63, 3.8) is 0 Å². The molecule has 0 bridgehead atoms. The lowest BCUT2D eigenvalue weighted by Crippen LogP contribution is -2.35. The fraction of sp³-hybridized carbons (Fsp3) is 0.130. The highest BCUT2D eigenvalue weighted by Crippen LogP contribution is 2.23. The monoisotopic (exact) mass is 452 g/mol. The minimum absolute atomic E-state index is 0.0171. The molecule has 0 aliphatic rings. The number of halogens is 2. The number of hydrogen-bond acceptors (Lipinski definition) is 5. The number of nitrogens with zero attached hydrogens (tertiary/aromatic N) is 3. The highest BCUT2D eigenvalue weighted by atomic mass is 19.1. The van der Waals surface area contributed by atoms with Gasteiger partial charge in [0.05, 0.1) is 24.2 Å². The van der Waals surface area contributed by atoms with Gasteiger partial charge in [-0.15, -0.1) is 0 Å². The number of carbonyl (C=O) groups is 1. The smallest absolute Gasteiger partial charge is 0.405 e. The molecule has 0 spiro atoms. The Hall–Kier alpha value is -4.34. The van der Waals surface area contributed by atoms with Crippen LogP contribution in [0.5, 0.6) is 5.75 Å². The first kappa shape index (κ1) is 21.9. The van der Waals surface area contributed by atoms with E-state index in [1.165, 1.54) is 17.9 Å². The lowest BCUT2D eigenvalue weighted by molar-refractivity contribution is 0.189. The van der Waals surface area contributed by atoms with Gasteiger partial charge in [0.2, 0.25) is 0 Å². The van der Waals surface area contributed by atoms with Crippen molar-refractivity contribution in [2.24, 2.45) is 0 Å². The minimum atomic E-state index is -1.39. The van der Waals surface area contributed by atoms with Gasteiger partial charge in [-0.1, -0.05) is 0 Å². The van der Waals surface area contributed by atoms with Crippen LogP contribution in [0, 0.1) is 11.6 Å². The average Bonchev–Trinajstić information content (AvgIpc) is 2.78. The molecule has 1 atom stereocenters. The summed E-state index contributed by atoms with van der Waals surface area (Å²) in [6.45, 7) is 0. The van der Waals surface area contributed by atoms with Crippen LogP contribution in [0.15, 0.2) is 65.6 Å². The number of aromatic nitrogens is 3. The molecule has 2 aromatic heterocycles. The number of carboxylic acid groups (broad SMARTS) is 1. The highest BCUT2D eigenvalue weighted by Gasteiger charge is 2.24. The molecule has 0 fully saturated rings. The summed E-state index contributed by atoms with van der Waals surface area (Å²) >= 11 is 0. The first-order valence-corrected chi connectivity index (χ1v) is 9.82. The van der Waals surface area contributed by atoms with Gasteiger partial charge in [0.25, 0.3) is 5.56 Å². The number of amides is 1. The Labute approximate surface area is 186 Å². The average molecular weight is 452 g/mol. The normalized spacial score (nSPS) is 11.8. The maximum absolute atomic E-state index is 13.8. The number of benzene rings is 2. The Morgan fingerprint density at radius 2 is 1.85 bits per heavy atom. The summed E-state index contributed by atoms with van der Waals surface area (Å²) in [5, 5.41) is 12.0. The molecular weight excluding hydrogens is 434 g/mol. The Morgan fingerprint density at radius 3 is 2.48 bits per heavy atom. The molecule has 0 saturated heterocycles. The molecule has 8 nitrogen and oxygen atoms in total. The molecule has 4 rings (SSSR count). The van der Waals surface area contributed by atoms with Crippen molar-refractivity contribution in [2.75, 3.05) is 7.11 Å². The summed E-state index contributed by atoms with van der Waals surface area (Å²) < 4.78 is 33.9. The van der Waals surface area contributed by atoms with Crippen LogP contribution in [0.1, 0.15) is 17.4 Å². The van der Waals surface area contributed by atoms with Crippen molar-refractivity contribution in [2.45, 2.75) is 12.5 Å². The van der Waals surface area contributed by atoms with E-state index in [9.17, 15) is 23.5 Å². The number of hydrogen-bond donors (Lipinski definition) is 2. The third-order valence-electron chi connectivity index (χ3n) is 4.97. The van der Waals surface area contributed by atoms with Crippen LogP contribution in [-0.2, 0) is 6.42 Å². The minimum Gasteiger partial charge on any atom is -0.497 e. The summed E-state index contributed by atoms with van der Waals surface area (Å²) in [7, 11) is 1.50. The predicted octanol–water partition coefficient (Wildman–Crippen LogP) is 3.62. The summed E-state index contributed by atoms with van der Waals surface area (Å²) in [6, 6.07) is 11.4. The molecule has 2 N–H and O–H groups in total. The van der Waals surface area contributed by atoms with E-state index in [-0.39, 0.29) is 28.8 Å². The van der Waals surface area contributed by atoms with E-state index in [0.717, 1.165) is 12.1 Å². The maximum Gasteiger partial charge on any atom is 0.405 e. The van der Waals surface area contributed by atoms with Crippen LogP contribution < -0.4 is 15.6 Å². The van der Waals surface area contributed by atoms with Crippen LogP contribution in [0.2, 0.25) is 0 Å². The van der Waals surface area contributed by atoms with Gasteiger partial charge in [0.1, 0.15) is 23.2 Å². The van der Waals surface area contributed by atoms with Crippen LogP contribution in [0.4, 0.5) is 13.6 Å². The van der Waals surface area contributed by atoms with Gasteiger partial charge in [0, 0.05) is 18.7 Å². The maximum atomic E-state index is 13.8. The Morgan fingerprint density at radius 1 is 1.15 bits per heavy atom. The molecule has 0 radical (unpaired) electrons. The molecule has 33 heavy (non-hydrogen) atoms. The molecular formula is C23H18F2N4O4. The first-order chi connectivity index (χ1) is 15.9. The van der Waals surface area contributed by atoms with E-state index in [2.05, 4.69) is 15.3 Å². The largest absolute Gasteiger partial charge is 0.497 e. The van der Waals surface area contributed by atoms with Crippen molar-refractivity contribution in [3.05, 3.63) is 94.2 Å². The van der Waals surface area contributed by atoms with Crippen molar-refractivity contribution >= 4 is 17.1 Å². The first-order valence-electron chi connectivity index (χ1n) is 9.82. The molecule has 4 aromatic rings. The zero-order chi connectivity index (χ0) is 23.5. The summed E-state index contributed by atoms with van der Waals surface area (Å²) in [5.41, 5.74) is 0.223. The van der Waals surface area contributed by atoms with Crippen molar-refractivity contribution < 1.29 is 23.4 Å². The van der Waals surface area contributed by atoms with Gasteiger partial charge in [-0.3, -0.25) is 9.36 Å². The number of methoxy groups -OCH3 is 1. The van der Waals surface area contributed by atoms with Crippen LogP contribution in [-0.4, -0.2) is 32.8 Å². The molecule has 10 heteroatoms. The Balaban J connectivity index is 1.94. The SMILES string of the molecule is COc1ccc(-n2c(C(Cc3cc(F)cc(F)c3)NC(=O)O)nc3ncccc3c2=O)cc1. The van der Waals surface area contributed by atoms with Gasteiger partial charge in [-0.05, 0) is 54.1 Å². The highest BCUT2D eigenvalue weighted by molar-refractivity contribution is 5.74. The summed E-state index contributed by atoms with van der Waals surface area (Å²) in [5.74, 6) is -1.04. The molecule has 0 saturated carbocycles. The van der Waals surface area contributed by atoms with E-state index < -0.39 is 29.3 Å². The van der Waals surface area contributed by atoms with Gasteiger partial charge < -0.3 is 15.2 Å². The van der Waals surface area contributed by atoms with Crippen LogP contribution in [0.3, 0.4) is 0 Å². The topological polar surface area (TPSA) is 106 Å². The molecule has 2 aromatic carbocycles. The standard InChI is InChI=1S/C23H18F2N4O4/c1-33-17-6-4-16(5-7-17)29-21(28-20-18(22(29)30)3-2-8-26-20)19(27-23(31)32)11-13-9-14(24)12-15(25)10-13/h2-10,12,19,27H,11H2,1H3,(H,31,32). The second kappa shape index (κ2) is 9.03. The van der Waals surface area contributed by atoms with Crippen LogP contribution in [0.25, 0.3) is 16.7 Å². The number of nitrogens with one attached hydrogen (secondary N) is 1.